The van der Waals surface area contributed by atoms with E-state index in [4.69, 9.17) is 11.4 Å². The van der Waals surface area contributed by atoms with E-state index in [1.165, 1.54) is 98.8 Å². The molecule has 0 bridgehead atoms. The zero-order valence-electron chi connectivity index (χ0n) is 54.4. The molecular formula is C86H77N5. The lowest BCUT2D eigenvalue weighted by molar-refractivity contribution is 0.868. The molecule has 0 spiro atoms. The standard InChI is InChI=1S/C86H77N5/c1-14-56-16-15-17-69(77(56)49-87)76-48-78(57-18-30-66(31-19-57)89-79-36-24-60(50(2)3)42-70(79)71-43-61(51(4)5)25-37-80(71)89)88-86(59-22-34-68(35-23-59)91-83-40-28-64(54(10)11)46-74(83)75-47-65(55(12)13)29-41-84(75)91)85(76)58-20-32-67(33-21-58)90-81-38-26-62(52(6)7)44-72(81)73-45-63(53(8)9)27-39-82(73)90/h1,15-48,50-55H,2-13H3. The molecule has 0 unspecified atom stereocenters. The number of nitriles is 1. The number of aromatic nitrogens is 4. The largest absolute Gasteiger partial charge is 0.309 e. The van der Waals surface area contributed by atoms with Crippen LogP contribution >= 0.6 is 0 Å². The minimum absolute atomic E-state index is 0.394. The zero-order chi connectivity index (χ0) is 63.3. The van der Waals surface area contributed by atoms with Crippen LogP contribution in [0.4, 0.5) is 0 Å². The number of fused-ring (bicyclic) bond motifs is 9. The van der Waals surface area contributed by atoms with E-state index in [1.54, 1.807) is 0 Å². The molecule has 0 amide bonds. The van der Waals surface area contributed by atoms with Crippen molar-refractivity contribution in [3.8, 4) is 80.2 Å². The van der Waals surface area contributed by atoms with Crippen molar-refractivity contribution >= 4 is 65.4 Å². The highest BCUT2D eigenvalue weighted by atomic mass is 15.0. The lowest BCUT2D eigenvalue weighted by Gasteiger charge is -2.20. The second-order valence-electron chi connectivity index (χ2n) is 27.0. The first-order valence-corrected chi connectivity index (χ1v) is 32.6. The van der Waals surface area contributed by atoms with Crippen molar-refractivity contribution in [2.75, 3.05) is 0 Å². The lowest BCUT2D eigenvalue weighted by atomic mass is 9.87. The van der Waals surface area contributed by atoms with Gasteiger partial charge in [0, 0.05) is 77.2 Å². The number of hydrogen-bond acceptors (Lipinski definition) is 2. The van der Waals surface area contributed by atoms with Crippen molar-refractivity contribution in [1.29, 1.82) is 5.26 Å². The predicted octanol–water partition coefficient (Wildman–Crippen LogP) is 23.6. The zero-order valence-corrected chi connectivity index (χ0v) is 54.4. The van der Waals surface area contributed by atoms with Gasteiger partial charge < -0.3 is 13.7 Å². The summed E-state index contributed by atoms with van der Waals surface area (Å²) in [6.45, 7) is 27.2. The maximum absolute atomic E-state index is 11.2. The Morgan fingerprint density at radius 3 is 0.945 bits per heavy atom. The van der Waals surface area contributed by atoms with E-state index in [-0.39, 0.29) is 0 Å². The third-order valence-electron chi connectivity index (χ3n) is 19.3. The van der Waals surface area contributed by atoms with Gasteiger partial charge in [-0.25, -0.2) is 4.98 Å². The fraction of sp³-hybridized carbons (Fsp3) is 0.209. The summed E-state index contributed by atoms with van der Waals surface area (Å²) in [6.07, 6.45) is 6.26. The molecule has 14 aromatic rings. The summed E-state index contributed by atoms with van der Waals surface area (Å²) in [4.78, 5) is 5.82. The molecule has 0 radical (unpaired) electrons. The molecule has 0 atom stereocenters. The van der Waals surface area contributed by atoms with Crippen LogP contribution < -0.4 is 0 Å². The molecule has 0 aliphatic heterocycles. The van der Waals surface area contributed by atoms with Crippen LogP contribution in [0.15, 0.2) is 206 Å². The highest BCUT2D eigenvalue weighted by Crippen LogP contribution is 2.46. The number of pyridine rings is 1. The Balaban J connectivity index is 0.990. The monoisotopic (exact) mass is 1180 g/mol. The van der Waals surface area contributed by atoms with Crippen molar-refractivity contribution in [2.45, 2.75) is 119 Å². The van der Waals surface area contributed by atoms with Gasteiger partial charge in [0.2, 0.25) is 0 Å². The van der Waals surface area contributed by atoms with Crippen LogP contribution in [-0.4, -0.2) is 18.7 Å². The summed E-state index contributed by atoms with van der Waals surface area (Å²) in [5, 5.41) is 18.7. The Bertz CT molecular complexity index is 5090. The molecule has 0 saturated carbocycles. The Labute approximate surface area is 535 Å². The number of terminal acetylenes is 1. The Morgan fingerprint density at radius 1 is 0.341 bits per heavy atom. The third-order valence-corrected chi connectivity index (χ3v) is 19.3. The molecule has 0 N–H and O–H groups in total. The molecule has 0 aliphatic carbocycles. The normalized spacial score (nSPS) is 12.1. The molecule has 4 heterocycles. The molecule has 0 fully saturated rings. The minimum Gasteiger partial charge on any atom is -0.309 e. The second-order valence-corrected chi connectivity index (χ2v) is 27.0. The fourth-order valence-corrected chi connectivity index (χ4v) is 13.9. The Morgan fingerprint density at radius 2 is 0.648 bits per heavy atom. The fourth-order valence-electron chi connectivity index (χ4n) is 13.9. The van der Waals surface area contributed by atoms with Gasteiger partial charge in [-0.15, -0.1) is 6.42 Å². The van der Waals surface area contributed by atoms with Crippen molar-refractivity contribution in [2.24, 2.45) is 0 Å². The predicted molar refractivity (Wildman–Crippen MR) is 386 cm³/mol. The number of benzene rings is 10. The minimum atomic E-state index is 0.394. The van der Waals surface area contributed by atoms with Crippen molar-refractivity contribution in [3.05, 3.63) is 251 Å². The van der Waals surface area contributed by atoms with Gasteiger partial charge in [0.25, 0.3) is 0 Å². The second kappa shape index (κ2) is 23.0. The summed E-state index contributed by atoms with van der Waals surface area (Å²) >= 11 is 0. The molecule has 0 aliphatic rings. The number of rotatable bonds is 13. The average molecular weight is 1180 g/mol. The quantitative estimate of drug-likeness (QED) is 0.108. The molecule has 10 aromatic carbocycles. The van der Waals surface area contributed by atoms with Gasteiger partial charge in [0.15, 0.2) is 0 Å². The summed E-state index contributed by atoms with van der Waals surface area (Å²) < 4.78 is 7.22. The van der Waals surface area contributed by atoms with Crippen LogP contribution in [0.25, 0.3) is 127 Å². The lowest BCUT2D eigenvalue weighted by Crippen LogP contribution is -2.01. The van der Waals surface area contributed by atoms with Gasteiger partial charge in [-0.3, -0.25) is 0 Å². The van der Waals surface area contributed by atoms with Crippen LogP contribution in [0.5, 0.6) is 0 Å². The van der Waals surface area contributed by atoms with Gasteiger partial charge in [0.1, 0.15) is 6.07 Å². The smallest absolute Gasteiger partial charge is 0.101 e. The van der Waals surface area contributed by atoms with Gasteiger partial charge >= 0.3 is 0 Å². The molecule has 5 nitrogen and oxygen atoms in total. The highest BCUT2D eigenvalue weighted by Gasteiger charge is 2.25. The third kappa shape index (κ3) is 10.00. The molecule has 0 saturated heterocycles. The van der Waals surface area contributed by atoms with Crippen molar-refractivity contribution < 1.29 is 0 Å². The Hall–Kier alpha value is -10.2. The van der Waals surface area contributed by atoms with Crippen molar-refractivity contribution in [1.82, 2.24) is 18.7 Å². The van der Waals surface area contributed by atoms with E-state index in [2.05, 4.69) is 297 Å². The van der Waals surface area contributed by atoms with E-state index >= 15 is 0 Å². The van der Waals surface area contributed by atoms with E-state index in [9.17, 15) is 5.26 Å². The van der Waals surface area contributed by atoms with Gasteiger partial charge in [0.05, 0.1) is 50.1 Å². The SMILES string of the molecule is C#Cc1cccc(-c2cc(-c3ccc(-n4c5ccc(C(C)C)cc5c5cc(C(C)C)ccc54)cc3)nc(-c3ccc(-n4c5ccc(C(C)C)cc5c5cc(C(C)C)ccc54)cc3)c2-c2ccc(-n3c4ccc(C(C)C)cc4c4cc(C(C)C)ccc43)cc2)c1C#N. The van der Waals surface area contributed by atoms with E-state index in [0.717, 1.165) is 61.8 Å². The van der Waals surface area contributed by atoms with Crippen LogP contribution in [0.2, 0.25) is 0 Å². The van der Waals surface area contributed by atoms with Crippen molar-refractivity contribution in [3.63, 3.8) is 0 Å². The molecule has 446 valence electrons. The average Bonchev–Trinajstić information content (AvgIpc) is 1.69. The molecule has 5 heteroatoms. The van der Waals surface area contributed by atoms with Gasteiger partial charge in [-0.2, -0.15) is 5.26 Å². The topological polar surface area (TPSA) is 51.5 Å². The summed E-state index contributed by atoms with van der Waals surface area (Å²) in [6, 6.07) is 79.2. The van der Waals surface area contributed by atoms with E-state index < -0.39 is 0 Å². The highest BCUT2D eigenvalue weighted by molar-refractivity contribution is 6.12. The molecule has 91 heavy (non-hydrogen) atoms. The molecule has 14 rings (SSSR count). The van der Waals surface area contributed by atoms with Crippen LogP contribution in [0, 0.1) is 23.7 Å². The number of hydrogen-bond donors (Lipinski definition) is 0. The first-order chi connectivity index (χ1) is 44.0. The van der Waals surface area contributed by atoms with Gasteiger partial charge in [-0.05, 0) is 201 Å². The Kier molecular flexibility index (Phi) is 14.8. The first kappa shape index (κ1) is 58.5. The van der Waals surface area contributed by atoms with Crippen LogP contribution in [0.3, 0.4) is 0 Å². The van der Waals surface area contributed by atoms with Crippen LogP contribution in [0.1, 0.15) is 163 Å². The summed E-state index contributed by atoms with van der Waals surface area (Å²) in [7, 11) is 0. The van der Waals surface area contributed by atoms with Crippen LogP contribution in [-0.2, 0) is 0 Å². The first-order valence-electron chi connectivity index (χ1n) is 32.6. The number of nitrogens with zero attached hydrogens (tertiary/aromatic N) is 5. The molecule has 4 aromatic heterocycles. The maximum Gasteiger partial charge on any atom is 0.101 e. The maximum atomic E-state index is 11.2. The van der Waals surface area contributed by atoms with Gasteiger partial charge in [-0.1, -0.05) is 174 Å². The summed E-state index contributed by atoms with van der Waals surface area (Å²) in [5.74, 6) is 5.24. The molecular weight excluding hydrogens is 1100 g/mol. The van der Waals surface area contributed by atoms with E-state index in [0.29, 0.717) is 46.6 Å². The van der Waals surface area contributed by atoms with E-state index in [1.807, 2.05) is 18.2 Å². The summed E-state index contributed by atoms with van der Waals surface area (Å²) in [5.41, 5.74) is 26.1.